The highest BCUT2D eigenvalue weighted by molar-refractivity contribution is 8.00. The van der Waals surface area contributed by atoms with Crippen molar-refractivity contribution >= 4 is 35.3 Å². The molecule has 0 radical (unpaired) electrons. The highest BCUT2D eigenvalue weighted by Crippen LogP contribution is 2.21. The van der Waals surface area contributed by atoms with Gasteiger partial charge in [-0.2, -0.15) is 0 Å². The second-order valence-corrected chi connectivity index (χ2v) is 4.59. The summed E-state index contributed by atoms with van der Waals surface area (Å²) in [6.45, 7) is 2.16. The highest BCUT2D eigenvalue weighted by Gasteiger charge is 2.07. The van der Waals surface area contributed by atoms with Crippen LogP contribution in [-0.4, -0.2) is 34.6 Å². The summed E-state index contributed by atoms with van der Waals surface area (Å²) < 4.78 is 4.83. The van der Waals surface area contributed by atoms with Gasteiger partial charge >= 0.3 is 5.97 Å². The van der Waals surface area contributed by atoms with Gasteiger partial charge < -0.3 is 10.2 Å². The van der Waals surface area contributed by atoms with Crippen LogP contribution in [0.25, 0.3) is 0 Å². The molecule has 0 bridgehead atoms. The van der Waals surface area contributed by atoms with E-state index in [9.17, 15) is 4.79 Å². The number of hydrogen-bond acceptors (Lipinski definition) is 8. The van der Waals surface area contributed by atoms with Gasteiger partial charge in [0.2, 0.25) is 0 Å². The van der Waals surface area contributed by atoms with Gasteiger partial charge in [0.05, 0.1) is 12.4 Å². The molecule has 6 nitrogen and oxygen atoms in total. The maximum Gasteiger partial charge on any atom is 0.316 e. The summed E-state index contributed by atoms with van der Waals surface area (Å²) >= 11 is 2.70. The van der Waals surface area contributed by atoms with E-state index >= 15 is 0 Å². The zero-order valence-electron chi connectivity index (χ0n) is 9.60. The van der Waals surface area contributed by atoms with Gasteiger partial charge in [-0.15, -0.1) is 0 Å². The van der Waals surface area contributed by atoms with E-state index in [-0.39, 0.29) is 11.7 Å². The molecule has 0 aromatic carbocycles. The molecule has 1 aromatic heterocycles. The number of esters is 1. The lowest BCUT2D eigenvalue weighted by atomic mass is 10.6. The van der Waals surface area contributed by atoms with Gasteiger partial charge in [0.15, 0.2) is 5.16 Å². The molecule has 0 spiro atoms. The molecular weight excluding hydrogens is 260 g/mol. The van der Waals surface area contributed by atoms with Gasteiger partial charge in [0.25, 0.3) is 0 Å². The number of aromatic nitrogens is 2. The molecule has 0 unspecified atom stereocenters. The first-order valence-corrected chi connectivity index (χ1v) is 7.08. The van der Waals surface area contributed by atoms with Crippen LogP contribution in [0.1, 0.15) is 6.92 Å². The van der Waals surface area contributed by atoms with E-state index in [4.69, 9.17) is 10.6 Å². The van der Waals surface area contributed by atoms with Crippen molar-refractivity contribution < 1.29 is 9.53 Å². The Morgan fingerprint density at radius 1 is 1.59 bits per heavy atom. The summed E-state index contributed by atoms with van der Waals surface area (Å²) in [5.41, 5.74) is 2.46. The van der Waals surface area contributed by atoms with Gasteiger partial charge in [-0.05, 0) is 13.2 Å². The second-order valence-electron chi connectivity index (χ2n) is 2.82. The number of nitrogens with zero attached hydrogens (tertiary/aromatic N) is 2. The van der Waals surface area contributed by atoms with Crippen molar-refractivity contribution in [1.29, 1.82) is 0 Å². The highest BCUT2D eigenvalue weighted by atomic mass is 32.2. The zero-order valence-corrected chi connectivity index (χ0v) is 11.2. The number of rotatable bonds is 6. The van der Waals surface area contributed by atoms with Crippen LogP contribution >= 0.6 is 23.5 Å². The van der Waals surface area contributed by atoms with Crippen molar-refractivity contribution in [3.05, 3.63) is 6.07 Å². The molecule has 1 heterocycles. The van der Waals surface area contributed by atoms with Crippen LogP contribution in [0.3, 0.4) is 0 Å². The number of nitrogens with one attached hydrogen (secondary N) is 1. The Kier molecular flexibility index (Phi) is 6.09. The van der Waals surface area contributed by atoms with E-state index in [2.05, 4.69) is 15.4 Å². The number of hydrazine groups is 1. The normalized spacial score (nSPS) is 10.1. The molecule has 0 aliphatic heterocycles. The third-order valence-corrected chi connectivity index (χ3v) is 3.09. The molecule has 0 aliphatic carbocycles. The minimum absolute atomic E-state index is 0.225. The minimum atomic E-state index is -0.260. The molecule has 0 saturated heterocycles. The van der Waals surface area contributed by atoms with Crippen molar-refractivity contribution in [2.45, 2.75) is 17.1 Å². The second kappa shape index (κ2) is 7.36. The molecule has 3 N–H and O–H groups in total. The molecule has 17 heavy (non-hydrogen) atoms. The van der Waals surface area contributed by atoms with Gasteiger partial charge in [0.1, 0.15) is 10.8 Å². The predicted molar refractivity (Wildman–Crippen MR) is 69.0 cm³/mol. The van der Waals surface area contributed by atoms with Gasteiger partial charge in [-0.25, -0.2) is 15.8 Å². The molecule has 0 atom stereocenters. The summed E-state index contributed by atoms with van der Waals surface area (Å²) in [6, 6.07) is 1.68. The largest absolute Gasteiger partial charge is 0.465 e. The average Bonchev–Trinajstić information content (AvgIpc) is 2.36. The number of thioether (sulfide) groups is 2. The number of carbonyl (C=O) groups is 1. The van der Waals surface area contributed by atoms with Crippen molar-refractivity contribution in [2.75, 3.05) is 24.0 Å². The maximum absolute atomic E-state index is 11.2. The first-order valence-electron chi connectivity index (χ1n) is 4.87. The zero-order chi connectivity index (χ0) is 12.7. The summed E-state index contributed by atoms with van der Waals surface area (Å²) in [5.74, 6) is 5.78. The lowest BCUT2D eigenvalue weighted by Crippen LogP contribution is -2.10. The molecule has 0 aliphatic rings. The lowest BCUT2D eigenvalue weighted by molar-refractivity contribution is -0.139. The Bertz CT molecular complexity index is 367. The Labute approximate surface area is 108 Å². The quantitative estimate of drug-likeness (QED) is 0.199. The SMILES string of the molecule is CCOC(=O)CSc1cc(NN)nc(SC)n1. The van der Waals surface area contributed by atoms with Crippen molar-refractivity contribution in [3.8, 4) is 0 Å². The predicted octanol–water partition coefficient (Wildman–Crippen LogP) is 1.14. The molecule has 0 amide bonds. The smallest absolute Gasteiger partial charge is 0.316 e. The third-order valence-electron chi connectivity index (χ3n) is 1.66. The minimum Gasteiger partial charge on any atom is -0.465 e. The molecule has 1 aromatic rings. The van der Waals surface area contributed by atoms with E-state index in [0.29, 0.717) is 22.6 Å². The van der Waals surface area contributed by atoms with Crippen molar-refractivity contribution in [3.63, 3.8) is 0 Å². The number of nitrogens with two attached hydrogens (primary N) is 1. The summed E-state index contributed by atoms with van der Waals surface area (Å²) in [6.07, 6.45) is 1.87. The van der Waals surface area contributed by atoms with E-state index in [1.807, 2.05) is 6.26 Å². The van der Waals surface area contributed by atoms with E-state index < -0.39 is 0 Å². The lowest BCUT2D eigenvalue weighted by Gasteiger charge is -2.05. The van der Waals surface area contributed by atoms with E-state index in [0.717, 1.165) is 0 Å². The average molecular weight is 274 g/mol. The number of nitrogen functional groups attached to an aromatic ring is 1. The Morgan fingerprint density at radius 2 is 2.35 bits per heavy atom. The molecular formula is C9H14N4O2S2. The van der Waals surface area contributed by atoms with Gasteiger partial charge in [-0.3, -0.25) is 4.79 Å². The van der Waals surface area contributed by atoms with Crippen molar-refractivity contribution in [1.82, 2.24) is 9.97 Å². The van der Waals surface area contributed by atoms with E-state index in [1.165, 1.54) is 23.5 Å². The Morgan fingerprint density at radius 3 is 2.94 bits per heavy atom. The fraction of sp³-hybridized carbons (Fsp3) is 0.444. The molecule has 0 saturated carbocycles. The van der Waals surface area contributed by atoms with E-state index in [1.54, 1.807) is 13.0 Å². The first-order chi connectivity index (χ1) is 8.19. The summed E-state index contributed by atoms with van der Waals surface area (Å²) in [5, 5.41) is 1.29. The summed E-state index contributed by atoms with van der Waals surface area (Å²) in [4.78, 5) is 19.6. The van der Waals surface area contributed by atoms with Crippen LogP contribution in [0.5, 0.6) is 0 Å². The number of hydrogen-bond donors (Lipinski definition) is 2. The van der Waals surface area contributed by atoms with Crippen LogP contribution in [0.15, 0.2) is 16.2 Å². The van der Waals surface area contributed by atoms with Crippen LogP contribution in [-0.2, 0) is 9.53 Å². The first kappa shape index (κ1) is 14.1. The monoisotopic (exact) mass is 274 g/mol. The van der Waals surface area contributed by atoms with Crippen molar-refractivity contribution in [2.24, 2.45) is 5.84 Å². The molecule has 0 fully saturated rings. The van der Waals surface area contributed by atoms with Crippen LogP contribution in [0.4, 0.5) is 5.82 Å². The van der Waals surface area contributed by atoms with Gasteiger partial charge in [-0.1, -0.05) is 23.5 Å². The van der Waals surface area contributed by atoms with Gasteiger partial charge in [0, 0.05) is 6.07 Å². The van der Waals surface area contributed by atoms with Crippen LogP contribution in [0, 0.1) is 0 Å². The molecule has 8 heteroatoms. The fourth-order valence-corrected chi connectivity index (χ4v) is 2.11. The number of carbonyl (C=O) groups excluding carboxylic acids is 1. The standard InChI is InChI=1S/C9H14N4O2S2/c1-3-15-8(14)5-17-7-4-6(13-10)11-9(12-7)16-2/h4H,3,5,10H2,1-2H3,(H,11,12,13). The number of anilines is 1. The maximum atomic E-state index is 11.2. The molecule has 94 valence electrons. The van der Waals surface area contributed by atoms with Crippen LogP contribution in [0.2, 0.25) is 0 Å². The Balaban J connectivity index is 2.66. The molecule has 1 rings (SSSR count). The third kappa shape index (κ3) is 4.80. The summed E-state index contributed by atoms with van der Waals surface area (Å²) in [7, 11) is 0. The Hall–Kier alpha value is -0.990. The topological polar surface area (TPSA) is 90.1 Å². The van der Waals surface area contributed by atoms with Crippen LogP contribution < -0.4 is 11.3 Å². The fourth-order valence-electron chi connectivity index (χ4n) is 0.979. The number of ether oxygens (including phenoxy) is 1.